The minimum absolute atomic E-state index is 0.243. The molecule has 0 saturated carbocycles. The zero-order valence-electron chi connectivity index (χ0n) is 23.6. The first-order valence-electron chi connectivity index (χ1n) is 14.5. The van der Waals surface area contributed by atoms with E-state index in [1.165, 1.54) is 115 Å². The Hall–Kier alpha value is -0.910. The van der Waals surface area contributed by atoms with E-state index in [9.17, 15) is 13.0 Å². The molecule has 0 spiro atoms. The summed E-state index contributed by atoms with van der Waals surface area (Å²) in [4.78, 5) is 0. The second-order valence-corrected chi connectivity index (χ2v) is 12.4. The molecular weight excluding hydrogens is 454 g/mol. The van der Waals surface area contributed by atoms with Crippen LogP contribution in [0.5, 0.6) is 0 Å². The molecule has 206 valence electrons. The highest BCUT2D eigenvalue weighted by atomic mass is 32.2. The molecule has 5 heteroatoms. The Balaban J connectivity index is 0.00000143. The summed E-state index contributed by atoms with van der Waals surface area (Å²) >= 11 is 0. The van der Waals surface area contributed by atoms with Crippen molar-refractivity contribution >= 4 is 10.1 Å². The topological polar surface area (TPSA) is 57.2 Å². The molecule has 0 saturated heterocycles. The lowest BCUT2D eigenvalue weighted by molar-refractivity contribution is -0.903. The number of rotatable bonds is 21. The second kappa shape index (κ2) is 22.3. The van der Waals surface area contributed by atoms with E-state index in [2.05, 4.69) is 51.4 Å². The minimum Gasteiger partial charge on any atom is -0.748 e. The van der Waals surface area contributed by atoms with Gasteiger partial charge in [0.25, 0.3) is 0 Å². The van der Waals surface area contributed by atoms with Crippen LogP contribution in [-0.4, -0.2) is 43.8 Å². The van der Waals surface area contributed by atoms with E-state index in [4.69, 9.17) is 0 Å². The van der Waals surface area contributed by atoms with Crippen molar-refractivity contribution in [3.8, 4) is 0 Å². The van der Waals surface area contributed by atoms with Crippen LogP contribution in [0.25, 0.3) is 0 Å². The van der Waals surface area contributed by atoms with Crippen LogP contribution < -0.4 is 0 Å². The fourth-order valence-corrected chi connectivity index (χ4v) is 4.99. The fraction of sp³-hybridized carbons (Fsp3) is 0.800. The van der Waals surface area contributed by atoms with Gasteiger partial charge >= 0.3 is 0 Å². The summed E-state index contributed by atoms with van der Waals surface area (Å²) in [6.45, 7) is 6.40. The lowest BCUT2D eigenvalue weighted by atomic mass is 10.0. The Morgan fingerprint density at radius 2 is 1.03 bits per heavy atom. The van der Waals surface area contributed by atoms with Gasteiger partial charge in [0.05, 0.1) is 30.8 Å². The molecular formula is C30H57NO3S. The van der Waals surface area contributed by atoms with Gasteiger partial charge in [-0.3, -0.25) is 0 Å². The minimum atomic E-state index is -3.92. The normalized spacial score (nSPS) is 11.8. The molecule has 0 heterocycles. The first kappa shape index (κ1) is 34.1. The molecule has 0 fully saturated rings. The monoisotopic (exact) mass is 511 g/mol. The highest BCUT2D eigenvalue weighted by Crippen LogP contribution is 2.15. The van der Waals surface area contributed by atoms with Crippen LogP contribution in [0.15, 0.2) is 30.3 Å². The van der Waals surface area contributed by atoms with Gasteiger partial charge in [0.2, 0.25) is 0 Å². The van der Waals surface area contributed by atoms with Crippen LogP contribution in [-0.2, 0) is 16.7 Å². The van der Waals surface area contributed by atoms with Crippen LogP contribution in [0.3, 0.4) is 0 Å². The van der Waals surface area contributed by atoms with Crippen molar-refractivity contribution in [2.75, 3.05) is 26.4 Å². The van der Waals surface area contributed by atoms with Crippen molar-refractivity contribution in [1.29, 1.82) is 0 Å². The lowest BCUT2D eigenvalue weighted by Gasteiger charge is -2.30. The van der Waals surface area contributed by atoms with Gasteiger partial charge in [-0.1, -0.05) is 134 Å². The van der Waals surface area contributed by atoms with Gasteiger partial charge < -0.3 is 9.04 Å². The maximum atomic E-state index is 9.68. The number of unbranched alkanes of at least 4 members (excludes halogenated alkanes) is 15. The van der Waals surface area contributed by atoms with Crippen molar-refractivity contribution in [2.24, 2.45) is 0 Å². The van der Waals surface area contributed by atoms with Gasteiger partial charge in [-0.25, -0.2) is 8.42 Å². The SMILES string of the molecule is CCCCCCCCCCCCCCCCCC[N+](C)(C)Cc1ccccc1.CCCS(=O)(=O)[O-]. The van der Waals surface area contributed by atoms with Crippen molar-refractivity contribution in [3.05, 3.63) is 35.9 Å². The molecule has 4 nitrogen and oxygen atoms in total. The Morgan fingerprint density at radius 1 is 0.629 bits per heavy atom. The average molecular weight is 512 g/mol. The largest absolute Gasteiger partial charge is 0.748 e. The highest BCUT2D eigenvalue weighted by Gasteiger charge is 2.14. The fourth-order valence-electron chi connectivity index (χ4n) is 4.49. The number of hydrogen-bond acceptors (Lipinski definition) is 3. The number of hydrogen-bond donors (Lipinski definition) is 0. The van der Waals surface area contributed by atoms with Gasteiger partial charge in [0, 0.05) is 11.3 Å². The van der Waals surface area contributed by atoms with E-state index in [1.807, 2.05) is 0 Å². The third-order valence-corrected chi connectivity index (χ3v) is 7.43. The molecule has 0 aliphatic heterocycles. The molecule has 0 amide bonds. The molecule has 1 aromatic rings. The lowest BCUT2D eigenvalue weighted by Crippen LogP contribution is -2.39. The zero-order valence-corrected chi connectivity index (χ0v) is 24.4. The maximum Gasteiger partial charge on any atom is 0.104 e. The highest BCUT2D eigenvalue weighted by molar-refractivity contribution is 7.85. The summed E-state index contributed by atoms with van der Waals surface area (Å²) in [7, 11) is 0.822. The predicted molar refractivity (Wildman–Crippen MR) is 152 cm³/mol. The van der Waals surface area contributed by atoms with Crippen LogP contribution in [0.1, 0.15) is 129 Å². The van der Waals surface area contributed by atoms with Crippen LogP contribution in [0.4, 0.5) is 0 Å². The number of nitrogens with zero attached hydrogens (tertiary/aromatic N) is 1. The van der Waals surface area contributed by atoms with Gasteiger partial charge in [-0.05, 0) is 19.3 Å². The van der Waals surface area contributed by atoms with Gasteiger partial charge in [0.15, 0.2) is 0 Å². The van der Waals surface area contributed by atoms with Crippen LogP contribution >= 0.6 is 0 Å². The van der Waals surface area contributed by atoms with Crippen molar-refractivity contribution < 1.29 is 17.5 Å². The number of quaternary nitrogens is 1. The predicted octanol–water partition coefficient (Wildman–Crippen LogP) is 8.47. The zero-order chi connectivity index (χ0) is 26.3. The maximum absolute atomic E-state index is 9.68. The van der Waals surface area contributed by atoms with E-state index in [0.29, 0.717) is 6.42 Å². The van der Waals surface area contributed by atoms with E-state index in [0.717, 1.165) is 11.0 Å². The van der Waals surface area contributed by atoms with Gasteiger partial charge in [-0.2, -0.15) is 0 Å². The quantitative estimate of drug-likeness (QED) is 0.0944. The molecule has 0 aliphatic carbocycles. The standard InChI is InChI=1S/C27H50N.C3H8O3S/c1-4-5-6-7-8-9-10-11-12-13-14-15-16-17-18-22-25-28(2,3)26-27-23-20-19-21-24-27;1-2-3-7(4,5)6/h19-21,23-24H,4-18,22,25-26H2,1-3H3;2-3H2,1H3,(H,4,5,6)/q+1;/p-1. The number of benzene rings is 1. The smallest absolute Gasteiger partial charge is 0.104 e. The molecule has 0 bridgehead atoms. The second-order valence-electron chi connectivity index (χ2n) is 10.9. The Labute approximate surface area is 219 Å². The van der Waals surface area contributed by atoms with Crippen LogP contribution in [0, 0.1) is 0 Å². The summed E-state index contributed by atoms with van der Waals surface area (Å²) in [6.07, 6.45) is 23.6. The summed E-state index contributed by atoms with van der Waals surface area (Å²) in [5, 5.41) is 0. The molecule has 0 radical (unpaired) electrons. The first-order chi connectivity index (χ1) is 16.7. The van der Waals surface area contributed by atoms with E-state index in [-0.39, 0.29) is 5.75 Å². The molecule has 35 heavy (non-hydrogen) atoms. The molecule has 1 aromatic carbocycles. The van der Waals surface area contributed by atoms with Crippen molar-refractivity contribution in [2.45, 2.75) is 130 Å². The third-order valence-electron chi connectivity index (χ3n) is 6.52. The molecule has 0 atom stereocenters. The van der Waals surface area contributed by atoms with E-state index in [1.54, 1.807) is 6.92 Å². The molecule has 0 aromatic heterocycles. The van der Waals surface area contributed by atoms with Crippen molar-refractivity contribution in [1.82, 2.24) is 0 Å². The summed E-state index contributed by atoms with van der Waals surface area (Å²) in [5.41, 5.74) is 1.46. The van der Waals surface area contributed by atoms with Gasteiger partial charge in [0.1, 0.15) is 6.54 Å². The Kier molecular flexibility index (Phi) is 21.7. The van der Waals surface area contributed by atoms with Crippen LogP contribution in [0.2, 0.25) is 0 Å². The molecule has 0 unspecified atom stereocenters. The van der Waals surface area contributed by atoms with Crippen molar-refractivity contribution in [3.63, 3.8) is 0 Å². The van der Waals surface area contributed by atoms with E-state index < -0.39 is 10.1 Å². The summed E-state index contributed by atoms with van der Waals surface area (Å²) < 4.78 is 30.1. The average Bonchev–Trinajstić information content (AvgIpc) is 2.79. The molecule has 0 N–H and O–H groups in total. The molecule has 1 rings (SSSR count). The first-order valence-corrected chi connectivity index (χ1v) is 16.1. The van der Waals surface area contributed by atoms with Gasteiger partial charge in [-0.15, -0.1) is 0 Å². The molecule has 0 aliphatic rings. The Bertz CT molecular complexity index is 674. The Morgan fingerprint density at radius 3 is 1.37 bits per heavy atom. The summed E-state index contributed by atoms with van der Waals surface area (Å²) in [5.74, 6) is -0.243. The third kappa shape index (κ3) is 26.0. The summed E-state index contributed by atoms with van der Waals surface area (Å²) in [6, 6.07) is 10.9. The van der Waals surface area contributed by atoms with E-state index >= 15 is 0 Å².